The van der Waals surface area contributed by atoms with Crippen molar-refractivity contribution < 1.29 is 27.8 Å². The van der Waals surface area contributed by atoms with Crippen molar-refractivity contribution in [1.29, 1.82) is 0 Å². The summed E-state index contributed by atoms with van der Waals surface area (Å²) in [7, 11) is 1.32. The Kier molecular flexibility index (Phi) is 5.61. The molecule has 0 radical (unpaired) electrons. The van der Waals surface area contributed by atoms with Gasteiger partial charge in [0.1, 0.15) is 5.75 Å². The lowest BCUT2D eigenvalue weighted by atomic mass is 10.00. The number of ether oxygens (including phenoxy) is 3. The molecule has 0 saturated carbocycles. The monoisotopic (exact) mass is 427 g/mol. The van der Waals surface area contributed by atoms with Crippen LogP contribution in [0, 0.1) is 0 Å². The van der Waals surface area contributed by atoms with Crippen LogP contribution in [-0.2, 0) is 0 Å². The largest absolute Gasteiger partial charge is 0.493 e. The van der Waals surface area contributed by atoms with Gasteiger partial charge in [0.2, 0.25) is 0 Å². The highest BCUT2D eigenvalue weighted by molar-refractivity contribution is 9.10. The smallest absolute Gasteiger partial charge is 0.387 e. The first kappa shape index (κ1) is 18.4. The lowest BCUT2D eigenvalue weighted by molar-refractivity contribution is -0.0515. The minimum atomic E-state index is -3.07. The van der Waals surface area contributed by atoms with E-state index < -0.39 is 12.5 Å². The van der Waals surface area contributed by atoms with Crippen LogP contribution in [0.4, 0.5) is 8.78 Å². The number of carbonyl (C=O) groups is 1. The van der Waals surface area contributed by atoms with Crippen LogP contribution >= 0.6 is 15.9 Å². The summed E-state index contributed by atoms with van der Waals surface area (Å²) in [6.07, 6.45) is 0.560. The fourth-order valence-corrected chi connectivity index (χ4v) is 3.20. The first-order valence-electron chi connectivity index (χ1n) is 7.84. The van der Waals surface area contributed by atoms with Gasteiger partial charge in [0.15, 0.2) is 11.5 Å². The van der Waals surface area contributed by atoms with E-state index in [0.29, 0.717) is 18.8 Å². The molecule has 1 aliphatic rings. The molecule has 5 nitrogen and oxygen atoms in total. The maximum Gasteiger partial charge on any atom is 0.387 e. The zero-order valence-electron chi connectivity index (χ0n) is 13.8. The number of nitrogens with one attached hydrogen (secondary N) is 1. The minimum absolute atomic E-state index is 0.0207. The third-order valence-corrected chi connectivity index (χ3v) is 4.46. The fraction of sp³-hybridized carbons (Fsp3) is 0.278. The molecule has 1 heterocycles. The van der Waals surface area contributed by atoms with Crippen LogP contribution in [0.5, 0.6) is 17.2 Å². The normalized spacial score (nSPS) is 15.8. The lowest BCUT2D eigenvalue weighted by Crippen LogP contribution is -2.32. The molecule has 0 aromatic heterocycles. The highest BCUT2D eigenvalue weighted by Gasteiger charge is 2.26. The molecule has 1 atom stereocenters. The van der Waals surface area contributed by atoms with E-state index in [2.05, 4.69) is 26.0 Å². The quantitative estimate of drug-likeness (QED) is 0.771. The highest BCUT2D eigenvalue weighted by atomic mass is 79.9. The number of alkyl halides is 2. The topological polar surface area (TPSA) is 56.8 Å². The Bertz CT molecular complexity index is 816. The highest BCUT2D eigenvalue weighted by Crippen LogP contribution is 2.36. The van der Waals surface area contributed by atoms with E-state index in [4.69, 9.17) is 9.47 Å². The summed E-state index contributed by atoms with van der Waals surface area (Å²) in [5, 5.41) is 2.86. The average molecular weight is 428 g/mol. The maximum absolute atomic E-state index is 12.7. The van der Waals surface area contributed by atoms with Gasteiger partial charge in [-0.15, -0.1) is 0 Å². The number of amides is 1. The first-order chi connectivity index (χ1) is 12.5. The van der Waals surface area contributed by atoms with Crippen LogP contribution in [0.3, 0.4) is 0 Å². The number of methoxy groups -OCH3 is 1. The van der Waals surface area contributed by atoms with Crippen LogP contribution in [0.25, 0.3) is 0 Å². The molecule has 2 aromatic rings. The second kappa shape index (κ2) is 7.90. The van der Waals surface area contributed by atoms with Crippen molar-refractivity contribution >= 4 is 21.8 Å². The zero-order chi connectivity index (χ0) is 18.7. The summed E-state index contributed by atoms with van der Waals surface area (Å²) < 4.78 is 41.5. The second-order valence-electron chi connectivity index (χ2n) is 5.56. The third kappa shape index (κ3) is 3.90. The third-order valence-electron chi connectivity index (χ3n) is 3.97. The number of para-hydroxylation sites is 1. The Hall–Kier alpha value is -2.35. The van der Waals surface area contributed by atoms with Gasteiger partial charge in [0, 0.05) is 16.5 Å². The number of halogens is 3. The predicted octanol–water partition coefficient (Wildman–Crippen LogP) is 4.31. The molecule has 3 rings (SSSR count). The van der Waals surface area contributed by atoms with E-state index in [-0.39, 0.29) is 23.1 Å². The number of hydrogen-bond donors (Lipinski definition) is 1. The standard InChI is InChI=1S/C18H16BrF2NO4/c1-24-15-4-2-3-11(16(15)26-18(20)21)17(23)22-13-7-8-25-14-6-5-10(19)9-12(13)14/h2-6,9,13,18H,7-8H2,1H3,(H,22,23). The Morgan fingerprint density at radius 2 is 2.15 bits per heavy atom. The van der Waals surface area contributed by atoms with Crippen LogP contribution < -0.4 is 19.5 Å². The molecular weight excluding hydrogens is 412 g/mol. The first-order valence-corrected chi connectivity index (χ1v) is 8.64. The molecule has 138 valence electrons. The van der Waals surface area contributed by atoms with Gasteiger partial charge >= 0.3 is 6.61 Å². The maximum atomic E-state index is 12.7. The molecule has 26 heavy (non-hydrogen) atoms. The van der Waals surface area contributed by atoms with E-state index in [1.165, 1.54) is 19.2 Å². The van der Waals surface area contributed by atoms with Gasteiger partial charge in [-0.05, 0) is 30.3 Å². The van der Waals surface area contributed by atoms with Crippen molar-refractivity contribution in [1.82, 2.24) is 5.32 Å². The van der Waals surface area contributed by atoms with Crippen LogP contribution in [0.2, 0.25) is 0 Å². The van der Waals surface area contributed by atoms with Crippen molar-refractivity contribution in [3.8, 4) is 17.2 Å². The van der Waals surface area contributed by atoms with Crippen molar-refractivity contribution in [3.63, 3.8) is 0 Å². The predicted molar refractivity (Wildman–Crippen MR) is 94.1 cm³/mol. The van der Waals surface area contributed by atoms with Gasteiger partial charge in [0.25, 0.3) is 5.91 Å². The minimum Gasteiger partial charge on any atom is -0.493 e. The number of carbonyl (C=O) groups excluding carboxylic acids is 1. The van der Waals surface area contributed by atoms with Gasteiger partial charge in [0.05, 0.1) is 25.3 Å². The van der Waals surface area contributed by atoms with E-state index >= 15 is 0 Å². The Labute approximate surface area is 157 Å². The summed E-state index contributed by atoms with van der Waals surface area (Å²) in [6, 6.07) is 9.62. The molecule has 8 heteroatoms. The molecule has 0 saturated heterocycles. The van der Waals surface area contributed by atoms with Crippen molar-refractivity contribution in [2.75, 3.05) is 13.7 Å². The molecule has 1 aliphatic heterocycles. The summed E-state index contributed by atoms with van der Waals surface area (Å²) in [6.45, 7) is -2.63. The Morgan fingerprint density at radius 3 is 2.88 bits per heavy atom. The lowest BCUT2D eigenvalue weighted by Gasteiger charge is -2.27. The second-order valence-corrected chi connectivity index (χ2v) is 6.48. The molecule has 0 aliphatic carbocycles. The molecule has 1 unspecified atom stereocenters. The van der Waals surface area contributed by atoms with Crippen LogP contribution in [0.1, 0.15) is 28.4 Å². The molecule has 2 aromatic carbocycles. The van der Waals surface area contributed by atoms with Crippen molar-refractivity contribution in [2.24, 2.45) is 0 Å². The van der Waals surface area contributed by atoms with Gasteiger partial charge < -0.3 is 19.5 Å². The summed E-state index contributed by atoms with van der Waals surface area (Å²) in [5.41, 5.74) is 0.797. The van der Waals surface area contributed by atoms with E-state index in [1.807, 2.05) is 18.2 Å². The summed E-state index contributed by atoms with van der Waals surface area (Å²) in [4.78, 5) is 12.7. The molecule has 0 bridgehead atoms. The Morgan fingerprint density at radius 1 is 1.35 bits per heavy atom. The van der Waals surface area contributed by atoms with Gasteiger partial charge in [-0.1, -0.05) is 22.0 Å². The van der Waals surface area contributed by atoms with Crippen molar-refractivity contribution in [3.05, 3.63) is 52.0 Å². The molecule has 1 amide bonds. The van der Waals surface area contributed by atoms with E-state index in [1.54, 1.807) is 6.07 Å². The Balaban J connectivity index is 1.89. The van der Waals surface area contributed by atoms with E-state index in [9.17, 15) is 13.6 Å². The fourth-order valence-electron chi connectivity index (χ4n) is 2.82. The average Bonchev–Trinajstić information content (AvgIpc) is 2.62. The van der Waals surface area contributed by atoms with Gasteiger partial charge in [-0.3, -0.25) is 4.79 Å². The molecule has 0 spiro atoms. The van der Waals surface area contributed by atoms with E-state index in [0.717, 1.165) is 10.0 Å². The van der Waals surface area contributed by atoms with Crippen molar-refractivity contribution in [2.45, 2.75) is 19.1 Å². The van der Waals surface area contributed by atoms with Gasteiger partial charge in [-0.25, -0.2) is 0 Å². The number of hydrogen-bond acceptors (Lipinski definition) is 4. The summed E-state index contributed by atoms with van der Waals surface area (Å²) >= 11 is 3.40. The van der Waals surface area contributed by atoms with Crippen LogP contribution in [-0.4, -0.2) is 26.2 Å². The number of benzene rings is 2. The van der Waals surface area contributed by atoms with Gasteiger partial charge in [-0.2, -0.15) is 8.78 Å². The summed E-state index contributed by atoms with van der Waals surface area (Å²) in [5.74, 6) is -0.0751. The number of rotatable bonds is 5. The SMILES string of the molecule is COc1cccc(C(=O)NC2CCOc3ccc(Br)cc32)c1OC(F)F. The molecular formula is C18H16BrF2NO4. The molecule has 1 N–H and O–H groups in total. The molecule has 0 fully saturated rings. The zero-order valence-corrected chi connectivity index (χ0v) is 15.4. The van der Waals surface area contributed by atoms with Crippen LogP contribution in [0.15, 0.2) is 40.9 Å². The number of fused-ring (bicyclic) bond motifs is 1.